The molecule has 1 aliphatic carbocycles. The first-order valence-corrected chi connectivity index (χ1v) is 9.97. The molecule has 1 amide bonds. The fourth-order valence-corrected chi connectivity index (χ4v) is 4.31. The third kappa shape index (κ3) is 3.67. The number of para-hydroxylation sites is 2. The van der Waals surface area contributed by atoms with Crippen LogP contribution in [0.1, 0.15) is 44.2 Å². The predicted octanol–water partition coefficient (Wildman–Crippen LogP) is 3.56. The first kappa shape index (κ1) is 17.3. The smallest absolute Gasteiger partial charge is 0.222 e. The summed E-state index contributed by atoms with van der Waals surface area (Å²) in [5.41, 5.74) is 2.84. The van der Waals surface area contributed by atoms with Crippen LogP contribution in [0.25, 0.3) is 11.0 Å². The maximum absolute atomic E-state index is 12.6. The number of aromatic nitrogens is 2. The number of hydrogen-bond acceptors (Lipinski definition) is 4. The van der Waals surface area contributed by atoms with E-state index >= 15 is 0 Å². The summed E-state index contributed by atoms with van der Waals surface area (Å²) in [5, 5.41) is 0. The molecule has 2 aliphatic rings. The van der Waals surface area contributed by atoms with E-state index in [9.17, 15) is 4.79 Å². The molecular formula is C21H28N4O. The molecule has 26 heavy (non-hydrogen) atoms. The molecule has 0 N–H and O–H groups in total. The van der Waals surface area contributed by atoms with E-state index in [0.717, 1.165) is 55.1 Å². The molecule has 1 saturated heterocycles. The lowest BCUT2D eigenvalue weighted by Crippen LogP contribution is -2.49. The van der Waals surface area contributed by atoms with Gasteiger partial charge in [-0.1, -0.05) is 31.4 Å². The number of carbonyl (C=O) groups excluding carboxylic acids is 1. The van der Waals surface area contributed by atoms with Crippen LogP contribution in [0.4, 0.5) is 5.82 Å². The van der Waals surface area contributed by atoms with Gasteiger partial charge >= 0.3 is 0 Å². The number of rotatable bonds is 3. The fourth-order valence-electron chi connectivity index (χ4n) is 4.31. The van der Waals surface area contributed by atoms with Crippen LogP contribution >= 0.6 is 0 Å². The molecule has 2 fully saturated rings. The predicted molar refractivity (Wildman–Crippen MR) is 104 cm³/mol. The van der Waals surface area contributed by atoms with E-state index in [1.807, 2.05) is 31.2 Å². The Morgan fingerprint density at radius 1 is 1.00 bits per heavy atom. The van der Waals surface area contributed by atoms with Crippen molar-refractivity contribution in [2.45, 2.75) is 45.4 Å². The number of fused-ring (bicyclic) bond motifs is 1. The van der Waals surface area contributed by atoms with Crippen molar-refractivity contribution in [3.63, 3.8) is 0 Å². The highest BCUT2D eigenvalue weighted by Gasteiger charge is 2.25. The Balaban J connectivity index is 1.38. The number of carbonyl (C=O) groups is 1. The highest BCUT2D eigenvalue weighted by atomic mass is 16.2. The summed E-state index contributed by atoms with van der Waals surface area (Å²) in [6, 6.07) is 8.00. The Morgan fingerprint density at radius 2 is 1.65 bits per heavy atom. The zero-order chi connectivity index (χ0) is 17.9. The van der Waals surface area contributed by atoms with Crippen LogP contribution in [0.3, 0.4) is 0 Å². The van der Waals surface area contributed by atoms with Crippen LogP contribution in [0.5, 0.6) is 0 Å². The fraction of sp³-hybridized carbons (Fsp3) is 0.571. The lowest BCUT2D eigenvalue weighted by Gasteiger charge is -2.36. The van der Waals surface area contributed by atoms with Gasteiger partial charge in [0, 0.05) is 32.6 Å². The van der Waals surface area contributed by atoms with Gasteiger partial charge in [0.25, 0.3) is 0 Å². The zero-order valence-corrected chi connectivity index (χ0v) is 15.7. The van der Waals surface area contributed by atoms with Gasteiger partial charge in [0.15, 0.2) is 5.82 Å². The van der Waals surface area contributed by atoms with Crippen LogP contribution in [0.15, 0.2) is 24.3 Å². The highest BCUT2D eigenvalue weighted by Crippen LogP contribution is 2.27. The molecule has 5 nitrogen and oxygen atoms in total. The van der Waals surface area contributed by atoms with E-state index in [0.29, 0.717) is 11.8 Å². The molecular weight excluding hydrogens is 324 g/mol. The van der Waals surface area contributed by atoms with Crippen molar-refractivity contribution in [3.05, 3.63) is 30.0 Å². The Hall–Kier alpha value is -2.17. The summed E-state index contributed by atoms with van der Waals surface area (Å²) < 4.78 is 0. The Morgan fingerprint density at radius 3 is 2.35 bits per heavy atom. The minimum Gasteiger partial charge on any atom is -0.352 e. The van der Waals surface area contributed by atoms with Crippen LogP contribution in [-0.4, -0.2) is 47.0 Å². The molecule has 0 bridgehead atoms. The summed E-state index contributed by atoms with van der Waals surface area (Å²) in [5.74, 6) is 1.92. The molecule has 0 atom stereocenters. The number of nitrogens with zero attached hydrogens (tertiary/aromatic N) is 4. The molecule has 1 saturated carbocycles. The second-order valence-electron chi connectivity index (χ2n) is 7.70. The largest absolute Gasteiger partial charge is 0.352 e. The first-order valence-electron chi connectivity index (χ1n) is 9.97. The molecule has 4 rings (SSSR count). The van der Waals surface area contributed by atoms with Crippen LogP contribution in [0.2, 0.25) is 0 Å². The number of hydrogen-bond donors (Lipinski definition) is 0. The van der Waals surface area contributed by atoms with Gasteiger partial charge in [-0.15, -0.1) is 0 Å². The van der Waals surface area contributed by atoms with Crippen molar-refractivity contribution in [2.75, 3.05) is 31.1 Å². The van der Waals surface area contributed by atoms with Gasteiger partial charge in [0.05, 0.1) is 16.7 Å². The van der Waals surface area contributed by atoms with E-state index in [4.69, 9.17) is 9.97 Å². The molecule has 0 radical (unpaired) electrons. The van der Waals surface area contributed by atoms with Gasteiger partial charge in [0.1, 0.15) is 0 Å². The van der Waals surface area contributed by atoms with E-state index in [1.54, 1.807) is 0 Å². The molecule has 0 spiro atoms. The van der Waals surface area contributed by atoms with Gasteiger partial charge in [-0.2, -0.15) is 0 Å². The quantitative estimate of drug-likeness (QED) is 0.847. The summed E-state index contributed by atoms with van der Waals surface area (Å²) in [6.07, 6.45) is 7.15. The van der Waals surface area contributed by atoms with Gasteiger partial charge < -0.3 is 9.80 Å². The summed E-state index contributed by atoms with van der Waals surface area (Å²) >= 11 is 0. The molecule has 5 heteroatoms. The van der Waals surface area contributed by atoms with Crippen LogP contribution < -0.4 is 4.90 Å². The average molecular weight is 352 g/mol. The molecule has 1 aliphatic heterocycles. The monoisotopic (exact) mass is 352 g/mol. The maximum Gasteiger partial charge on any atom is 0.222 e. The summed E-state index contributed by atoms with van der Waals surface area (Å²) in [4.78, 5) is 26.5. The van der Waals surface area contributed by atoms with Crippen molar-refractivity contribution in [2.24, 2.45) is 5.92 Å². The summed E-state index contributed by atoms with van der Waals surface area (Å²) in [7, 11) is 0. The van der Waals surface area contributed by atoms with E-state index < -0.39 is 0 Å². The lowest BCUT2D eigenvalue weighted by atomic mass is 9.86. The Labute approximate surface area is 155 Å². The van der Waals surface area contributed by atoms with Crippen LogP contribution in [-0.2, 0) is 4.79 Å². The second-order valence-corrected chi connectivity index (χ2v) is 7.70. The van der Waals surface area contributed by atoms with Gasteiger partial charge in [-0.05, 0) is 37.8 Å². The van der Waals surface area contributed by atoms with E-state index in [1.165, 1.54) is 32.1 Å². The SMILES string of the molecule is Cc1nc2ccccc2nc1N1CCN(C(=O)CC2CCCCC2)CC1. The molecule has 0 unspecified atom stereocenters. The highest BCUT2D eigenvalue weighted by molar-refractivity contribution is 5.78. The molecule has 1 aromatic carbocycles. The number of aryl methyl sites for hydroxylation is 1. The average Bonchev–Trinajstić information content (AvgIpc) is 2.68. The molecule has 2 aromatic rings. The van der Waals surface area contributed by atoms with Crippen molar-refractivity contribution in [1.29, 1.82) is 0 Å². The third-order valence-corrected chi connectivity index (χ3v) is 5.84. The number of benzene rings is 1. The molecule has 138 valence electrons. The van der Waals surface area contributed by atoms with Crippen molar-refractivity contribution in [3.8, 4) is 0 Å². The minimum absolute atomic E-state index is 0.345. The number of piperazine rings is 1. The van der Waals surface area contributed by atoms with E-state index in [-0.39, 0.29) is 0 Å². The van der Waals surface area contributed by atoms with Crippen LogP contribution in [0, 0.1) is 12.8 Å². The molecule has 2 heterocycles. The zero-order valence-electron chi connectivity index (χ0n) is 15.7. The Kier molecular flexibility index (Phi) is 5.05. The minimum atomic E-state index is 0.345. The van der Waals surface area contributed by atoms with E-state index in [2.05, 4.69) is 9.80 Å². The van der Waals surface area contributed by atoms with Crippen molar-refractivity contribution < 1.29 is 4.79 Å². The lowest BCUT2D eigenvalue weighted by molar-refractivity contribution is -0.132. The third-order valence-electron chi connectivity index (χ3n) is 5.84. The number of anilines is 1. The topological polar surface area (TPSA) is 49.3 Å². The Bertz CT molecular complexity index is 777. The number of amides is 1. The van der Waals surface area contributed by atoms with Gasteiger partial charge in [0.2, 0.25) is 5.91 Å². The second kappa shape index (κ2) is 7.60. The maximum atomic E-state index is 12.6. The van der Waals surface area contributed by atoms with Gasteiger partial charge in [-0.25, -0.2) is 9.97 Å². The van der Waals surface area contributed by atoms with Crippen molar-refractivity contribution >= 4 is 22.8 Å². The van der Waals surface area contributed by atoms with Gasteiger partial charge in [-0.3, -0.25) is 4.79 Å². The first-order chi connectivity index (χ1) is 12.7. The van der Waals surface area contributed by atoms with Crippen molar-refractivity contribution in [1.82, 2.24) is 14.9 Å². The summed E-state index contributed by atoms with van der Waals surface area (Å²) in [6.45, 7) is 5.28. The normalized spacial score (nSPS) is 19.1. The molecule has 1 aromatic heterocycles. The standard InChI is InChI=1S/C21H28N4O/c1-16-21(23-19-10-6-5-9-18(19)22-16)25-13-11-24(12-14-25)20(26)15-17-7-3-2-4-8-17/h5-6,9-10,17H,2-4,7-8,11-15H2,1H3.